The lowest BCUT2D eigenvalue weighted by Crippen LogP contribution is -2.21. The SMILES string of the molecule is COCc1cccc(C(=O)OCC(=O)Nc2cc(C)ccc2C)c1. The molecule has 0 atom stereocenters. The van der Waals surface area contributed by atoms with E-state index in [1.807, 2.05) is 38.1 Å². The number of rotatable bonds is 6. The maximum Gasteiger partial charge on any atom is 0.338 e. The summed E-state index contributed by atoms with van der Waals surface area (Å²) in [6, 6.07) is 12.7. The Balaban J connectivity index is 1.92. The van der Waals surface area contributed by atoms with Crippen LogP contribution in [0.4, 0.5) is 5.69 Å². The van der Waals surface area contributed by atoms with Gasteiger partial charge in [0.2, 0.25) is 0 Å². The van der Waals surface area contributed by atoms with Gasteiger partial charge in [0, 0.05) is 12.8 Å². The summed E-state index contributed by atoms with van der Waals surface area (Å²) in [5.74, 6) is -0.908. The number of ether oxygens (including phenoxy) is 2. The molecular formula is C19H21NO4. The average molecular weight is 327 g/mol. The van der Waals surface area contributed by atoms with Crippen LogP contribution >= 0.6 is 0 Å². The largest absolute Gasteiger partial charge is 0.452 e. The molecule has 5 nitrogen and oxygen atoms in total. The van der Waals surface area contributed by atoms with Crippen molar-refractivity contribution in [2.45, 2.75) is 20.5 Å². The lowest BCUT2D eigenvalue weighted by Gasteiger charge is -2.10. The number of anilines is 1. The molecule has 0 aromatic heterocycles. The summed E-state index contributed by atoms with van der Waals surface area (Å²) in [4.78, 5) is 24.0. The van der Waals surface area contributed by atoms with E-state index in [1.54, 1.807) is 25.3 Å². The number of hydrogen-bond donors (Lipinski definition) is 1. The van der Waals surface area contributed by atoms with Crippen LogP contribution in [0.15, 0.2) is 42.5 Å². The molecule has 0 fully saturated rings. The number of benzene rings is 2. The Labute approximate surface area is 141 Å². The van der Waals surface area contributed by atoms with E-state index in [-0.39, 0.29) is 12.5 Å². The van der Waals surface area contributed by atoms with Crippen LogP contribution < -0.4 is 5.32 Å². The summed E-state index contributed by atoms with van der Waals surface area (Å²) in [6.07, 6.45) is 0. The van der Waals surface area contributed by atoms with Gasteiger partial charge in [-0.05, 0) is 48.7 Å². The van der Waals surface area contributed by atoms with Crippen LogP contribution in [0.25, 0.3) is 0 Å². The minimum Gasteiger partial charge on any atom is -0.452 e. The summed E-state index contributed by atoms with van der Waals surface area (Å²) in [5.41, 5.74) is 3.98. The number of carbonyl (C=O) groups excluding carboxylic acids is 2. The molecule has 0 radical (unpaired) electrons. The van der Waals surface area contributed by atoms with Crippen molar-refractivity contribution in [3.8, 4) is 0 Å². The summed E-state index contributed by atoms with van der Waals surface area (Å²) in [5, 5.41) is 2.75. The molecule has 2 rings (SSSR count). The highest BCUT2D eigenvalue weighted by Crippen LogP contribution is 2.16. The highest BCUT2D eigenvalue weighted by atomic mass is 16.5. The standard InChI is InChI=1S/C19H21NO4/c1-13-7-8-14(2)17(9-13)20-18(21)12-24-19(22)16-6-4-5-15(10-16)11-23-3/h4-10H,11-12H2,1-3H3,(H,20,21). The summed E-state index contributed by atoms with van der Waals surface area (Å²) in [7, 11) is 1.59. The van der Waals surface area contributed by atoms with E-state index in [9.17, 15) is 9.59 Å². The van der Waals surface area contributed by atoms with E-state index in [1.165, 1.54) is 0 Å². The van der Waals surface area contributed by atoms with Gasteiger partial charge in [-0.1, -0.05) is 24.3 Å². The van der Waals surface area contributed by atoms with Gasteiger partial charge in [-0.2, -0.15) is 0 Å². The Morgan fingerprint density at radius 1 is 1.08 bits per heavy atom. The molecule has 0 unspecified atom stereocenters. The van der Waals surface area contributed by atoms with E-state index < -0.39 is 5.97 Å². The molecule has 0 saturated heterocycles. The molecule has 0 bridgehead atoms. The monoisotopic (exact) mass is 327 g/mol. The van der Waals surface area contributed by atoms with Gasteiger partial charge in [0.05, 0.1) is 12.2 Å². The average Bonchev–Trinajstić information content (AvgIpc) is 2.56. The molecule has 0 aliphatic carbocycles. The third kappa shape index (κ3) is 4.93. The first-order chi connectivity index (χ1) is 11.5. The van der Waals surface area contributed by atoms with Crippen molar-refractivity contribution in [1.29, 1.82) is 0 Å². The van der Waals surface area contributed by atoms with Gasteiger partial charge in [-0.3, -0.25) is 4.79 Å². The number of aryl methyl sites for hydroxylation is 2. The molecule has 2 aromatic carbocycles. The van der Waals surface area contributed by atoms with Gasteiger partial charge in [-0.15, -0.1) is 0 Å². The van der Waals surface area contributed by atoms with E-state index in [4.69, 9.17) is 9.47 Å². The van der Waals surface area contributed by atoms with Crippen LogP contribution in [0.2, 0.25) is 0 Å². The number of esters is 1. The molecule has 1 amide bonds. The summed E-state index contributed by atoms with van der Waals surface area (Å²) in [6.45, 7) is 3.93. The van der Waals surface area contributed by atoms with Crippen molar-refractivity contribution in [2.75, 3.05) is 19.0 Å². The van der Waals surface area contributed by atoms with E-state index >= 15 is 0 Å². The second kappa shape index (κ2) is 8.26. The van der Waals surface area contributed by atoms with Gasteiger partial charge in [0.25, 0.3) is 5.91 Å². The zero-order valence-electron chi connectivity index (χ0n) is 14.1. The lowest BCUT2D eigenvalue weighted by molar-refractivity contribution is -0.119. The minimum absolute atomic E-state index is 0.333. The number of methoxy groups -OCH3 is 1. The van der Waals surface area contributed by atoms with Gasteiger partial charge in [0.15, 0.2) is 6.61 Å². The van der Waals surface area contributed by atoms with Crippen molar-refractivity contribution in [3.63, 3.8) is 0 Å². The lowest BCUT2D eigenvalue weighted by atomic mass is 10.1. The van der Waals surface area contributed by atoms with Crippen LogP contribution in [0.1, 0.15) is 27.0 Å². The van der Waals surface area contributed by atoms with Crippen LogP contribution in [-0.2, 0) is 20.9 Å². The Hall–Kier alpha value is -2.66. The van der Waals surface area contributed by atoms with Gasteiger partial charge < -0.3 is 14.8 Å². The quantitative estimate of drug-likeness (QED) is 0.827. The highest BCUT2D eigenvalue weighted by molar-refractivity contribution is 5.96. The maximum absolute atomic E-state index is 12.0. The molecular weight excluding hydrogens is 306 g/mol. The zero-order valence-corrected chi connectivity index (χ0v) is 14.1. The zero-order chi connectivity index (χ0) is 17.5. The van der Waals surface area contributed by atoms with Crippen molar-refractivity contribution in [2.24, 2.45) is 0 Å². The third-order valence-corrected chi connectivity index (χ3v) is 3.48. The first kappa shape index (κ1) is 17.7. The molecule has 0 heterocycles. The number of carbonyl (C=O) groups is 2. The highest BCUT2D eigenvalue weighted by Gasteiger charge is 2.11. The first-order valence-corrected chi connectivity index (χ1v) is 7.61. The fraction of sp³-hybridized carbons (Fsp3) is 0.263. The molecule has 0 aliphatic heterocycles. The van der Waals surface area contributed by atoms with Gasteiger partial charge >= 0.3 is 5.97 Å². The fourth-order valence-corrected chi connectivity index (χ4v) is 2.23. The molecule has 0 aliphatic rings. The first-order valence-electron chi connectivity index (χ1n) is 7.61. The summed E-state index contributed by atoms with van der Waals surface area (Å²) < 4.78 is 10.1. The van der Waals surface area contributed by atoms with Crippen molar-refractivity contribution < 1.29 is 19.1 Å². The Bertz CT molecular complexity index is 740. The Morgan fingerprint density at radius 2 is 1.88 bits per heavy atom. The minimum atomic E-state index is -0.538. The normalized spacial score (nSPS) is 10.3. The van der Waals surface area contributed by atoms with Crippen molar-refractivity contribution in [1.82, 2.24) is 0 Å². The van der Waals surface area contributed by atoms with Crippen LogP contribution in [0.5, 0.6) is 0 Å². The Kier molecular flexibility index (Phi) is 6.09. The van der Waals surface area contributed by atoms with Gasteiger partial charge in [0.1, 0.15) is 0 Å². The third-order valence-electron chi connectivity index (χ3n) is 3.48. The molecule has 2 aromatic rings. The second-order valence-corrected chi connectivity index (χ2v) is 5.58. The topological polar surface area (TPSA) is 64.6 Å². The molecule has 5 heteroatoms. The van der Waals surface area contributed by atoms with Crippen LogP contribution in [-0.4, -0.2) is 25.6 Å². The predicted octanol–water partition coefficient (Wildman–Crippen LogP) is 3.25. The van der Waals surface area contributed by atoms with Crippen LogP contribution in [0.3, 0.4) is 0 Å². The van der Waals surface area contributed by atoms with Crippen molar-refractivity contribution >= 4 is 17.6 Å². The van der Waals surface area contributed by atoms with E-state index in [0.29, 0.717) is 12.2 Å². The van der Waals surface area contributed by atoms with Crippen molar-refractivity contribution in [3.05, 3.63) is 64.7 Å². The van der Waals surface area contributed by atoms with Gasteiger partial charge in [-0.25, -0.2) is 4.79 Å². The smallest absolute Gasteiger partial charge is 0.338 e. The predicted molar refractivity (Wildman–Crippen MR) is 92.0 cm³/mol. The fourth-order valence-electron chi connectivity index (χ4n) is 2.23. The number of amides is 1. The number of hydrogen-bond acceptors (Lipinski definition) is 4. The van der Waals surface area contributed by atoms with Crippen LogP contribution in [0, 0.1) is 13.8 Å². The second-order valence-electron chi connectivity index (χ2n) is 5.58. The molecule has 126 valence electrons. The maximum atomic E-state index is 12.0. The summed E-state index contributed by atoms with van der Waals surface area (Å²) >= 11 is 0. The molecule has 0 saturated carbocycles. The molecule has 24 heavy (non-hydrogen) atoms. The number of nitrogens with one attached hydrogen (secondary N) is 1. The van der Waals surface area contributed by atoms with E-state index in [2.05, 4.69) is 5.32 Å². The Morgan fingerprint density at radius 3 is 2.62 bits per heavy atom. The molecule has 1 N–H and O–H groups in total. The molecule has 0 spiro atoms. The van der Waals surface area contributed by atoms with E-state index in [0.717, 1.165) is 22.4 Å².